The normalized spacial score (nSPS) is 13.2. The summed E-state index contributed by atoms with van der Waals surface area (Å²) < 4.78 is 26.8. The molecule has 8 nitrogen and oxygen atoms in total. The second-order valence-corrected chi connectivity index (χ2v) is 8.65. The third-order valence-corrected chi connectivity index (χ3v) is 5.70. The number of ether oxygens (including phenoxy) is 2. The van der Waals surface area contributed by atoms with Gasteiger partial charge in [0.2, 0.25) is 5.75 Å². The van der Waals surface area contributed by atoms with Crippen molar-refractivity contribution in [2.24, 2.45) is 0 Å². The van der Waals surface area contributed by atoms with E-state index in [0.717, 1.165) is 5.56 Å². The first-order valence-electron chi connectivity index (χ1n) is 12.4. The van der Waals surface area contributed by atoms with Crippen LogP contribution in [0.3, 0.4) is 0 Å². The highest BCUT2D eigenvalue weighted by Gasteiger charge is 2.35. The molecule has 0 atom stereocenters. The van der Waals surface area contributed by atoms with Crippen LogP contribution in [0.1, 0.15) is 60.7 Å². The summed E-state index contributed by atoms with van der Waals surface area (Å²) in [4.78, 5) is 31.2. The number of nitrogens with one attached hydrogen (secondary N) is 1. The van der Waals surface area contributed by atoms with E-state index in [0.29, 0.717) is 23.6 Å². The Hall–Kier alpha value is -4.00. The monoisotopic (exact) mass is 521 g/mol. The van der Waals surface area contributed by atoms with Crippen LogP contribution >= 0.6 is 0 Å². The fourth-order valence-electron chi connectivity index (χ4n) is 3.89. The van der Waals surface area contributed by atoms with Gasteiger partial charge in [0.25, 0.3) is 11.5 Å². The minimum absolute atomic E-state index is 0.00727. The number of aliphatic hydroxyl groups is 1. The van der Waals surface area contributed by atoms with E-state index in [1.165, 1.54) is 22.8 Å². The van der Waals surface area contributed by atoms with Gasteiger partial charge in [-0.25, -0.2) is 9.37 Å². The lowest BCUT2D eigenvalue weighted by molar-refractivity contribution is -0.0567. The molecule has 200 valence electrons. The molecule has 2 N–H and O–H groups in total. The number of hydrogen-bond acceptors (Lipinski definition) is 6. The number of nitrogens with zero attached hydrogens (tertiary/aromatic N) is 2. The second-order valence-electron chi connectivity index (χ2n) is 8.65. The van der Waals surface area contributed by atoms with E-state index in [2.05, 4.69) is 22.1 Å². The molecule has 0 radical (unpaired) electrons. The van der Waals surface area contributed by atoms with Gasteiger partial charge in [-0.05, 0) is 37.1 Å². The summed E-state index contributed by atoms with van der Waals surface area (Å²) in [7, 11) is 0. The maximum absolute atomic E-state index is 13.7. The molecule has 4 rings (SSSR count). The molecule has 2 aromatic carbocycles. The van der Waals surface area contributed by atoms with Gasteiger partial charge in [0.15, 0.2) is 5.69 Å². The maximum atomic E-state index is 13.7. The zero-order chi connectivity index (χ0) is 27.7. The number of carbonyl (C=O) groups excluding carboxylic acids is 1. The molecule has 1 aromatic heterocycles. The molecule has 9 heteroatoms. The standard InChI is InChI=1S/C27H26FN3O5.C2H6/c1-27(2)26-30-22(24(33)29-16-20-10-11-21(28)15-19(20)9-6-13-32)23(25(34)31(26)12-14-36-27)35-17-18-7-4-3-5-8-18;1-2/h3-5,7-8,10-11,15,32H,12-14,16-17H2,1-2H3,(H,29,33);1-2H3. The first-order valence-corrected chi connectivity index (χ1v) is 12.4. The molecule has 0 aliphatic carbocycles. The smallest absolute Gasteiger partial charge is 0.296 e. The average molecular weight is 522 g/mol. The molecule has 1 aliphatic rings. The van der Waals surface area contributed by atoms with Crippen LogP contribution in [0.25, 0.3) is 0 Å². The number of amides is 1. The van der Waals surface area contributed by atoms with Crippen molar-refractivity contribution >= 4 is 5.91 Å². The third-order valence-electron chi connectivity index (χ3n) is 5.70. The molecule has 2 heterocycles. The van der Waals surface area contributed by atoms with Crippen LogP contribution in [-0.2, 0) is 30.0 Å². The van der Waals surface area contributed by atoms with Crippen LogP contribution in [-0.4, -0.2) is 33.8 Å². The minimum atomic E-state index is -0.881. The molecule has 38 heavy (non-hydrogen) atoms. The van der Waals surface area contributed by atoms with Crippen molar-refractivity contribution in [3.63, 3.8) is 0 Å². The van der Waals surface area contributed by atoms with Crippen LogP contribution < -0.4 is 15.6 Å². The van der Waals surface area contributed by atoms with Crippen LogP contribution in [0.5, 0.6) is 5.75 Å². The van der Waals surface area contributed by atoms with Crippen molar-refractivity contribution in [3.05, 3.63) is 92.9 Å². The molecule has 0 saturated carbocycles. The minimum Gasteiger partial charge on any atom is -0.481 e. The average Bonchev–Trinajstić information content (AvgIpc) is 2.92. The Morgan fingerprint density at radius 1 is 1.24 bits per heavy atom. The molecule has 0 bridgehead atoms. The van der Waals surface area contributed by atoms with Gasteiger partial charge in [0.05, 0.1) is 13.2 Å². The van der Waals surface area contributed by atoms with Crippen molar-refractivity contribution in [1.29, 1.82) is 0 Å². The Bertz CT molecular complexity index is 1390. The van der Waals surface area contributed by atoms with Crippen molar-refractivity contribution in [3.8, 4) is 17.6 Å². The molecule has 0 fully saturated rings. The summed E-state index contributed by atoms with van der Waals surface area (Å²) in [6.07, 6.45) is 0. The van der Waals surface area contributed by atoms with E-state index in [1.807, 2.05) is 44.2 Å². The molecule has 0 saturated heterocycles. The van der Waals surface area contributed by atoms with Gasteiger partial charge in [-0.3, -0.25) is 14.2 Å². The molecule has 1 amide bonds. The Morgan fingerprint density at radius 3 is 2.68 bits per heavy atom. The summed E-state index contributed by atoms with van der Waals surface area (Å²) in [6, 6.07) is 13.2. The highest BCUT2D eigenvalue weighted by Crippen LogP contribution is 2.28. The number of carbonyl (C=O) groups is 1. The van der Waals surface area contributed by atoms with Crippen LogP contribution in [0.4, 0.5) is 4.39 Å². The van der Waals surface area contributed by atoms with Gasteiger partial charge >= 0.3 is 0 Å². The third kappa shape index (κ3) is 6.65. The van der Waals surface area contributed by atoms with Crippen LogP contribution in [0, 0.1) is 17.7 Å². The van der Waals surface area contributed by atoms with Gasteiger partial charge in [-0.15, -0.1) is 0 Å². The van der Waals surface area contributed by atoms with E-state index in [1.54, 1.807) is 13.8 Å². The number of aliphatic hydroxyl groups excluding tert-OH is 1. The second kappa shape index (κ2) is 13.0. The molecule has 0 spiro atoms. The van der Waals surface area contributed by atoms with E-state index < -0.39 is 22.9 Å². The lowest BCUT2D eigenvalue weighted by Crippen LogP contribution is -2.43. The largest absolute Gasteiger partial charge is 0.481 e. The Balaban J connectivity index is 0.00000195. The lowest BCUT2D eigenvalue weighted by Gasteiger charge is -2.32. The van der Waals surface area contributed by atoms with Gasteiger partial charge in [-0.2, -0.15) is 0 Å². The summed E-state index contributed by atoms with van der Waals surface area (Å²) in [5, 5.41) is 11.7. The quantitative estimate of drug-likeness (QED) is 0.481. The molecular weight excluding hydrogens is 489 g/mol. The number of halogens is 1. The van der Waals surface area contributed by atoms with Crippen molar-refractivity contribution < 1.29 is 23.8 Å². The summed E-state index contributed by atoms with van der Waals surface area (Å²) >= 11 is 0. The Labute approximate surface area is 221 Å². The van der Waals surface area contributed by atoms with Gasteiger partial charge < -0.3 is 19.9 Å². The fraction of sp³-hybridized carbons (Fsp3) is 0.345. The van der Waals surface area contributed by atoms with Crippen LogP contribution in [0.2, 0.25) is 0 Å². The summed E-state index contributed by atoms with van der Waals surface area (Å²) in [6.45, 7) is 7.86. The van der Waals surface area contributed by atoms with Crippen LogP contribution in [0.15, 0.2) is 53.3 Å². The van der Waals surface area contributed by atoms with Gasteiger partial charge in [-0.1, -0.05) is 62.1 Å². The number of benzene rings is 2. The van der Waals surface area contributed by atoms with Crippen molar-refractivity contribution in [1.82, 2.24) is 14.9 Å². The van der Waals surface area contributed by atoms with E-state index in [9.17, 15) is 14.0 Å². The lowest BCUT2D eigenvalue weighted by atomic mass is 10.1. The summed E-state index contributed by atoms with van der Waals surface area (Å²) in [5.41, 5.74) is 0.190. The zero-order valence-electron chi connectivity index (χ0n) is 22.0. The van der Waals surface area contributed by atoms with E-state index >= 15 is 0 Å². The SMILES string of the molecule is CC.CC1(C)OCCn2c1nc(C(=O)NCc1ccc(F)cc1C#CCO)c(OCc1ccccc1)c2=O. The topological polar surface area (TPSA) is 103 Å². The number of hydrogen-bond donors (Lipinski definition) is 2. The molecular formula is C29H32FN3O5. The highest BCUT2D eigenvalue weighted by atomic mass is 19.1. The van der Waals surface area contributed by atoms with Gasteiger partial charge in [0, 0.05) is 12.1 Å². The van der Waals surface area contributed by atoms with E-state index in [4.69, 9.17) is 14.6 Å². The van der Waals surface area contributed by atoms with Crippen molar-refractivity contribution in [2.45, 2.75) is 53.0 Å². The summed E-state index contributed by atoms with van der Waals surface area (Å²) in [5.74, 6) is 4.20. The molecule has 0 unspecified atom stereocenters. The number of fused-ring (bicyclic) bond motifs is 1. The first-order chi connectivity index (χ1) is 18.3. The highest BCUT2D eigenvalue weighted by molar-refractivity contribution is 5.94. The van der Waals surface area contributed by atoms with Gasteiger partial charge in [0.1, 0.15) is 30.5 Å². The Morgan fingerprint density at radius 2 is 1.97 bits per heavy atom. The first kappa shape index (κ1) is 28.6. The van der Waals surface area contributed by atoms with Crippen molar-refractivity contribution in [2.75, 3.05) is 13.2 Å². The fourth-order valence-corrected chi connectivity index (χ4v) is 3.89. The maximum Gasteiger partial charge on any atom is 0.296 e. The molecule has 1 aliphatic heterocycles. The number of rotatable bonds is 6. The predicted octanol–water partition coefficient (Wildman–Crippen LogP) is 3.53. The Kier molecular flexibility index (Phi) is 9.77. The van der Waals surface area contributed by atoms with E-state index in [-0.39, 0.29) is 37.7 Å². The number of aromatic nitrogens is 2. The predicted molar refractivity (Wildman–Crippen MR) is 141 cm³/mol. The zero-order valence-corrected chi connectivity index (χ0v) is 22.0. The molecule has 3 aromatic rings.